The number of aliphatic hydroxyl groups is 1. The van der Waals surface area contributed by atoms with E-state index in [1.54, 1.807) is 0 Å². The van der Waals surface area contributed by atoms with Gasteiger partial charge < -0.3 is 24.2 Å². The molecule has 76 heavy (non-hydrogen) atoms. The Morgan fingerprint density at radius 3 is 1.08 bits per heavy atom. The predicted octanol–water partition coefficient (Wildman–Crippen LogP) is 18.7. The highest BCUT2D eigenvalue weighted by atomic mass is 31.2. The zero-order valence-corrected chi connectivity index (χ0v) is 49.9. The molecule has 0 aliphatic heterocycles. The Balaban J connectivity index is 4.69. The van der Waals surface area contributed by atoms with Gasteiger partial charge in [0.15, 0.2) is 6.10 Å². The van der Waals surface area contributed by atoms with Gasteiger partial charge in [-0.05, 0) is 83.5 Å². The quantitative estimate of drug-likeness (QED) is 0.0197. The molecule has 0 spiro atoms. The molecule has 0 aliphatic rings. The molecule has 0 bridgehead atoms. The van der Waals surface area contributed by atoms with E-state index in [1.807, 2.05) is 0 Å². The topological polar surface area (TPSA) is 155 Å². The van der Waals surface area contributed by atoms with Gasteiger partial charge in [-0.25, -0.2) is 4.57 Å². The lowest BCUT2D eigenvalue weighted by Crippen LogP contribution is -2.30. The minimum absolute atomic E-state index is 0.148. The van der Waals surface area contributed by atoms with Crippen LogP contribution in [0.3, 0.4) is 0 Å². The molecule has 0 aromatic rings. The first-order chi connectivity index (χ1) is 37.2. The minimum Gasteiger partial charge on any atom is -0.462 e. The second kappa shape index (κ2) is 58.3. The van der Waals surface area contributed by atoms with E-state index in [4.69, 9.17) is 23.3 Å². The largest absolute Gasteiger partial charge is 0.472 e. The number of carbonyl (C=O) groups excluding carboxylic acids is 3. The van der Waals surface area contributed by atoms with E-state index in [9.17, 15) is 28.9 Å². The average Bonchev–Trinajstić information content (AvgIpc) is 3.41. The minimum atomic E-state index is -4.76. The van der Waals surface area contributed by atoms with Crippen molar-refractivity contribution >= 4 is 25.7 Å². The number of hydrogen-bond acceptors (Lipinski definition) is 10. The van der Waals surface area contributed by atoms with E-state index in [1.165, 1.54) is 116 Å². The van der Waals surface area contributed by atoms with Crippen LogP contribution < -0.4 is 0 Å². The summed E-state index contributed by atoms with van der Waals surface area (Å²) >= 11 is 0. The number of carbonyl (C=O) groups is 3. The summed E-state index contributed by atoms with van der Waals surface area (Å²) in [6.45, 7) is 4.52. The van der Waals surface area contributed by atoms with Crippen LogP contribution in [-0.4, -0.2) is 66.5 Å². The molecular weight excluding hydrogens is 976 g/mol. The fraction of sp³-hybridized carbons (Fsp3) is 0.797. The summed E-state index contributed by atoms with van der Waals surface area (Å²) in [7, 11) is -4.76. The average molecular weight is 1090 g/mol. The molecule has 0 amide bonds. The highest BCUT2D eigenvalue weighted by Gasteiger charge is 2.28. The van der Waals surface area contributed by atoms with Crippen LogP contribution in [0.5, 0.6) is 0 Å². The molecule has 2 N–H and O–H groups in total. The van der Waals surface area contributed by atoms with Crippen LogP contribution in [-0.2, 0) is 42.2 Å². The van der Waals surface area contributed by atoms with Gasteiger partial charge in [0.25, 0.3) is 0 Å². The number of ether oxygens (including phenoxy) is 3. The molecule has 3 unspecified atom stereocenters. The summed E-state index contributed by atoms with van der Waals surface area (Å²) in [5.41, 5.74) is 0. The summed E-state index contributed by atoms with van der Waals surface area (Å²) in [6.07, 6.45) is 64.6. The molecule has 0 rings (SSSR count). The molecule has 0 aromatic carbocycles. The normalized spacial score (nSPS) is 13.7. The van der Waals surface area contributed by atoms with Crippen molar-refractivity contribution in [3.05, 3.63) is 60.8 Å². The van der Waals surface area contributed by atoms with Crippen molar-refractivity contribution in [1.82, 2.24) is 0 Å². The van der Waals surface area contributed by atoms with E-state index in [-0.39, 0.29) is 25.9 Å². The number of rotatable bonds is 58. The Morgan fingerprint density at radius 1 is 0.382 bits per heavy atom. The van der Waals surface area contributed by atoms with Gasteiger partial charge in [0, 0.05) is 19.3 Å². The van der Waals surface area contributed by atoms with Crippen LogP contribution in [0.15, 0.2) is 60.8 Å². The van der Waals surface area contributed by atoms with Crippen LogP contribution in [0.2, 0.25) is 0 Å². The van der Waals surface area contributed by atoms with Crippen LogP contribution in [0.25, 0.3) is 0 Å². The Morgan fingerprint density at radius 2 is 0.684 bits per heavy atom. The van der Waals surface area contributed by atoms with E-state index in [2.05, 4.69) is 81.5 Å². The molecule has 442 valence electrons. The Hall–Kier alpha value is -2.82. The maximum absolute atomic E-state index is 12.9. The number of phosphoric acid groups is 1. The summed E-state index contributed by atoms with van der Waals surface area (Å²) in [5, 5.41) is 9.83. The van der Waals surface area contributed by atoms with E-state index >= 15 is 0 Å². The molecule has 0 aliphatic carbocycles. The first-order valence-corrected chi connectivity index (χ1v) is 32.7. The lowest BCUT2D eigenvalue weighted by Gasteiger charge is -2.21. The Kier molecular flexibility index (Phi) is 56.2. The van der Waals surface area contributed by atoms with Crippen molar-refractivity contribution in [1.29, 1.82) is 0 Å². The third-order valence-electron chi connectivity index (χ3n) is 13.4. The van der Waals surface area contributed by atoms with E-state index < -0.39 is 57.8 Å². The summed E-state index contributed by atoms with van der Waals surface area (Å²) in [6, 6.07) is 0. The fourth-order valence-electron chi connectivity index (χ4n) is 8.70. The van der Waals surface area contributed by atoms with Crippen molar-refractivity contribution in [2.24, 2.45) is 0 Å². The van der Waals surface area contributed by atoms with Gasteiger partial charge in [0.05, 0.1) is 19.8 Å². The molecule has 0 aromatic heterocycles. The number of allylic oxidation sites excluding steroid dienone is 10. The van der Waals surface area contributed by atoms with Crippen LogP contribution >= 0.6 is 7.82 Å². The summed E-state index contributed by atoms with van der Waals surface area (Å²) < 4.78 is 39.6. The van der Waals surface area contributed by atoms with Crippen molar-refractivity contribution in [2.45, 2.75) is 303 Å². The van der Waals surface area contributed by atoms with Gasteiger partial charge in [-0.3, -0.25) is 23.4 Å². The van der Waals surface area contributed by atoms with Crippen LogP contribution in [0.4, 0.5) is 0 Å². The standard InChI is InChI=1S/C64H115O11P/c1-4-7-10-13-16-19-22-25-28-29-30-31-34-35-38-41-44-47-50-53-62(66)71-57-61(75-64(68)55-52-49-46-43-40-37-33-27-24-21-18-15-12-9-6-3)59-73-76(69,70)72-58-60(56-65)74-63(67)54-51-48-45-42-39-36-32-26-23-20-17-14-11-8-5-2/h9,12,17-18,20-21,26-27,32-33,60-61,65H,4-8,10-11,13-16,19,22-25,28-31,34-59H2,1-3H3,(H,69,70)/b12-9-,20-17-,21-18-,32-26-,33-27-. The lowest BCUT2D eigenvalue weighted by atomic mass is 10.0. The number of aliphatic hydroxyl groups excluding tert-OH is 1. The summed E-state index contributed by atoms with van der Waals surface area (Å²) in [4.78, 5) is 48.7. The Labute approximate surface area is 465 Å². The fourth-order valence-corrected chi connectivity index (χ4v) is 9.48. The highest BCUT2D eigenvalue weighted by Crippen LogP contribution is 2.43. The smallest absolute Gasteiger partial charge is 0.462 e. The van der Waals surface area contributed by atoms with Crippen molar-refractivity contribution in [3.63, 3.8) is 0 Å². The third-order valence-corrected chi connectivity index (χ3v) is 14.4. The van der Waals surface area contributed by atoms with Crippen LogP contribution in [0, 0.1) is 0 Å². The first-order valence-electron chi connectivity index (χ1n) is 31.2. The highest BCUT2D eigenvalue weighted by molar-refractivity contribution is 7.47. The van der Waals surface area contributed by atoms with Crippen molar-refractivity contribution in [3.8, 4) is 0 Å². The molecule has 11 nitrogen and oxygen atoms in total. The molecular formula is C64H115O11P. The van der Waals surface area contributed by atoms with Gasteiger partial charge in [-0.15, -0.1) is 0 Å². The molecule has 0 radical (unpaired) electrons. The van der Waals surface area contributed by atoms with Gasteiger partial charge in [-0.1, -0.05) is 248 Å². The zero-order valence-electron chi connectivity index (χ0n) is 49.0. The van der Waals surface area contributed by atoms with Crippen molar-refractivity contribution in [2.75, 3.05) is 26.4 Å². The summed E-state index contributed by atoms with van der Waals surface area (Å²) in [5.74, 6) is -1.48. The Bertz CT molecular complexity index is 1510. The zero-order chi connectivity index (χ0) is 55.5. The molecule has 12 heteroatoms. The molecule has 0 heterocycles. The van der Waals surface area contributed by atoms with Crippen molar-refractivity contribution < 1.29 is 52.2 Å². The number of esters is 3. The van der Waals surface area contributed by atoms with Gasteiger partial charge in [-0.2, -0.15) is 0 Å². The maximum Gasteiger partial charge on any atom is 0.472 e. The number of hydrogen-bond donors (Lipinski definition) is 2. The van der Waals surface area contributed by atoms with E-state index in [0.717, 1.165) is 116 Å². The third kappa shape index (κ3) is 55.9. The molecule has 0 saturated heterocycles. The maximum atomic E-state index is 12.9. The van der Waals surface area contributed by atoms with Crippen LogP contribution in [0.1, 0.15) is 290 Å². The lowest BCUT2D eigenvalue weighted by molar-refractivity contribution is -0.161. The van der Waals surface area contributed by atoms with Gasteiger partial charge in [0.1, 0.15) is 12.7 Å². The molecule has 0 saturated carbocycles. The SMILES string of the molecule is CC/C=C\C/C=C\C/C=C\CCCCCCCC(=O)OC(COC(=O)CCCCCCCCCCCCCCCCCCCCC)COP(=O)(O)OCC(CO)OC(=O)CCCCCCC/C=C\C/C=C\CCCCC. The number of unbranched alkanes of at least 4 members (excludes halogenated alkanes) is 31. The first kappa shape index (κ1) is 73.2. The second-order valence-corrected chi connectivity index (χ2v) is 22.3. The monoisotopic (exact) mass is 1090 g/mol. The molecule has 3 atom stereocenters. The second-order valence-electron chi connectivity index (χ2n) is 20.8. The molecule has 0 fully saturated rings. The van der Waals surface area contributed by atoms with Gasteiger partial charge >= 0.3 is 25.7 Å². The van der Waals surface area contributed by atoms with E-state index in [0.29, 0.717) is 19.3 Å². The predicted molar refractivity (Wildman–Crippen MR) is 316 cm³/mol. The number of phosphoric ester groups is 1. The van der Waals surface area contributed by atoms with Gasteiger partial charge in [0.2, 0.25) is 0 Å².